The lowest BCUT2D eigenvalue weighted by molar-refractivity contribution is 0.0954. The third kappa shape index (κ3) is 5.87. The van der Waals surface area contributed by atoms with Crippen molar-refractivity contribution in [3.8, 4) is 0 Å². The van der Waals surface area contributed by atoms with E-state index in [-0.39, 0.29) is 10.8 Å². The first-order chi connectivity index (χ1) is 14.7. The van der Waals surface area contributed by atoms with Crippen molar-refractivity contribution in [2.45, 2.75) is 32.1 Å². The van der Waals surface area contributed by atoms with Crippen LogP contribution in [-0.4, -0.2) is 20.9 Å². The first kappa shape index (κ1) is 22.8. The van der Waals surface area contributed by atoms with Gasteiger partial charge in [-0.05, 0) is 74.2 Å². The molecule has 0 aromatic heterocycles. The second-order valence-corrected chi connectivity index (χ2v) is 9.62. The Bertz CT molecular complexity index is 1210. The molecule has 0 radical (unpaired) electrons. The molecule has 0 bridgehead atoms. The fourth-order valence-electron chi connectivity index (χ4n) is 3.23. The van der Waals surface area contributed by atoms with Crippen LogP contribution in [0.2, 0.25) is 5.02 Å². The first-order valence-electron chi connectivity index (χ1n) is 9.89. The van der Waals surface area contributed by atoms with Crippen LogP contribution in [0, 0.1) is 20.8 Å². The molecule has 162 valence electrons. The van der Waals surface area contributed by atoms with Crippen LogP contribution in [0.1, 0.15) is 32.6 Å². The lowest BCUT2D eigenvalue weighted by atomic mass is 10.1. The van der Waals surface area contributed by atoms with E-state index in [9.17, 15) is 13.2 Å². The number of aryl methyl sites for hydroxylation is 3. The number of nitrogens with one attached hydrogen (secondary N) is 2. The lowest BCUT2D eigenvalue weighted by Gasteiger charge is -2.14. The minimum absolute atomic E-state index is 0.0813. The monoisotopic (exact) mass is 456 g/mol. The highest BCUT2D eigenvalue weighted by Crippen LogP contribution is 2.23. The summed E-state index contributed by atoms with van der Waals surface area (Å²) in [6.45, 7) is 5.93. The Balaban J connectivity index is 1.73. The summed E-state index contributed by atoms with van der Waals surface area (Å²) in [7, 11) is -3.85. The first-order valence-corrected chi connectivity index (χ1v) is 11.8. The Morgan fingerprint density at radius 2 is 1.61 bits per heavy atom. The number of carbonyl (C=O) groups excluding carboxylic acids is 1. The summed E-state index contributed by atoms with van der Waals surface area (Å²) in [6, 6.07) is 17.6. The van der Waals surface area contributed by atoms with Crippen LogP contribution in [0.25, 0.3) is 0 Å². The zero-order valence-electron chi connectivity index (χ0n) is 17.7. The number of sulfonamides is 1. The quantitative estimate of drug-likeness (QED) is 0.523. The van der Waals surface area contributed by atoms with Crippen LogP contribution in [0.4, 0.5) is 5.69 Å². The minimum Gasteiger partial charge on any atom is -0.352 e. The zero-order chi connectivity index (χ0) is 22.6. The van der Waals surface area contributed by atoms with Crippen LogP contribution in [-0.2, 0) is 16.4 Å². The van der Waals surface area contributed by atoms with Gasteiger partial charge in [-0.2, -0.15) is 0 Å². The molecule has 0 aliphatic carbocycles. The molecule has 0 aliphatic rings. The van der Waals surface area contributed by atoms with E-state index in [1.807, 2.05) is 38.1 Å². The van der Waals surface area contributed by atoms with Gasteiger partial charge in [0, 0.05) is 17.1 Å². The van der Waals surface area contributed by atoms with E-state index in [2.05, 4.69) is 10.0 Å². The molecule has 3 rings (SSSR count). The minimum atomic E-state index is -3.85. The summed E-state index contributed by atoms with van der Waals surface area (Å²) in [5.41, 5.74) is 4.31. The normalized spacial score (nSPS) is 11.2. The van der Waals surface area contributed by atoms with Gasteiger partial charge in [-0.1, -0.05) is 47.5 Å². The van der Waals surface area contributed by atoms with E-state index in [1.165, 1.54) is 6.07 Å². The Morgan fingerprint density at radius 3 is 2.29 bits per heavy atom. The SMILES string of the molecule is Cc1ccc(NS(=O)(=O)c2cc(C(=O)NCCc3ccc(Cl)cc3)ccc2C)c(C)c1. The Hall–Kier alpha value is -2.83. The lowest BCUT2D eigenvalue weighted by Crippen LogP contribution is -2.26. The molecule has 0 atom stereocenters. The van der Waals surface area contributed by atoms with Crippen LogP contribution in [0.3, 0.4) is 0 Å². The predicted molar refractivity (Wildman–Crippen MR) is 125 cm³/mol. The topological polar surface area (TPSA) is 75.3 Å². The van der Waals surface area contributed by atoms with Gasteiger partial charge in [0.25, 0.3) is 15.9 Å². The molecular formula is C24H25ClN2O3S. The molecule has 2 N–H and O–H groups in total. The van der Waals surface area contributed by atoms with Crippen molar-refractivity contribution in [1.29, 1.82) is 0 Å². The van der Waals surface area contributed by atoms with E-state index in [0.29, 0.717) is 34.8 Å². The largest absolute Gasteiger partial charge is 0.352 e. The van der Waals surface area contributed by atoms with Crippen LogP contribution >= 0.6 is 11.6 Å². The smallest absolute Gasteiger partial charge is 0.262 e. The van der Waals surface area contributed by atoms with Gasteiger partial charge in [0.15, 0.2) is 0 Å². The number of amides is 1. The van der Waals surface area contributed by atoms with E-state index in [0.717, 1.165) is 16.7 Å². The summed E-state index contributed by atoms with van der Waals surface area (Å²) in [6.07, 6.45) is 0.647. The maximum Gasteiger partial charge on any atom is 0.262 e. The fraction of sp³-hybridized carbons (Fsp3) is 0.208. The third-order valence-electron chi connectivity index (χ3n) is 4.98. The number of hydrogen-bond acceptors (Lipinski definition) is 3. The average Bonchev–Trinajstić information content (AvgIpc) is 2.71. The number of carbonyl (C=O) groups is 1. The van der Waals surface area contributed by atoms with Crippen LogP contribution in [0.15, 0.2) is 65.6 Å². The van der Waals surface area contributed by atoms with Gasteiger partial charge in [0.05, 0.1) is 10.6 Å². The molecule has 7 heteroatoms. The maximum atomic E-state index is 13.0. The highest BCUT2D eigenvalue weighted by Gasteiger charge is 2.20. The second kappa shape index (κ2) is 9.54. The van der Waals surface area contributed by atoms with Gasteiger partial charge in [-0.15, -0.1) is 0 Å². The van der Waals surface area contributed by atoms with Gasteiger partial charge < -0.3 is 5.32 Å². The highest BCUT2D eigenvalue weighted by molar-refractivity contribution is 7.92. The summed E-state index contributed by atoms with van der Waals surface area (Å²) in [4.78, 5) is 12.7. The maximum absolute atomic E-state index is 13.0. The summed E-state index contributed by atoms with van der Waals surface area (Å²) >= 11 is 5.88. The van der Waals surface area contributed by atoms with Crippen LogP contribution < -0.4 is 10.0 Å². The molecule has 1 amide bonds. The molecule has 31 heavy (non-hydrogen) atoms. The molecule has 0 saturated carbocycles. The standard InChI is InChI=1S/C24H25ClN2O3S/c1-16-4-11-22(18(3)14-16)27-31(29,30)23-15-20(8-5-17(23)2)24(28)26-13-12-19-6-9-21(25)10-7-19/h4-11,14-15,27H,12-13H2,1-3H3,(H,26,28). The molecule has 0 spiro atoms. The molecule has 3 aromatic rings. The van der Waals surface area contributed by atoms with Gasteiger partial charge in [-0.25, -0.2) is 8.42 Å². The molecule has 0 saturated heterocycles. The molecule has 5 nitrogen and oxygen atoms in total. The van der Waals surface area contributed by atoms with Crippen molar-refractivity contribution in [3.63, 3.8) is 0 Å². The van der Waals surface area contributed by atoms with Crippen molar-refractivity contribution in [3.05, 3.63) is 93.5 Å². The number of benzene rings is 3. The summed E-state index contributed by atoms with van der Waals surface area (Å²) < 4.78 is 28.7. The van der Waals surface area contributed by atoms with Crippen molar-refractivity contribution in [1.82, 2.24) is 5.32 Å². The molecule has 3 aromatic carbocycles. The molecule has 0 fully saturated rings. The highest BCUT2D eigenvalue weighted by atomic mass is 35.5. The number of hydrogen-bond donors (Lipinski definition) is 2. The van der Waals surface area contributed by atoms with Crippen molar-refractivity contribution >= 4 is 33.2 Å². The van der Waals surface area contributed by atoms with E-state index in [1.54, 1.807) is 37.3 Å². The van der Waals surface area contributed by atoms with Crippen molar-refractivity contribution in [2.75, 3.05) is 11.3 Å². The Labute approximate surface area is 188 Å². The van der Waals surface area contributed by atoms with E-state index < -0.39 is 10.0 Å². The van der Waals surface area contributed by atoms with Gasteiger partial charge in [0.2, 0.25) is 0 Å². The van der Waals surface area contributed by atoms with E-state index in [4.69, 9.17) is 11.6 Å². The fourth-order valence-corrected chi connectivity index (χ4v) is 4.76. The third-order valence-corrected chi connectivity index (χ3v) is 6.74. The van der Waals surface area contributed by atoms with Gasteiger partial charge >= 0.3 is 0 Å². The second-order valence-electron chi connectivity index (χ2n) is 7.54. The number of anilines is 1. The molecule has 0 heterocycles. The molecule has 0 aliphatic heterocycles. The predicted octanol–water partition coefficient (Wildman–Crippen LogP) is 5.04. The summed E-state index contributed by atoms with van der Waals surface area (Å²) in [5.74, 6) is -0.322. The number of rotatable bonds is 7. The number of halogens is 1. The summed E-state index contributed by atoms with van der Waals surface area (Å²) in [5, 5.41) is 3.50. The zero-order valence-corrected chi connectivity index (χ0v) is 19.3. The van der Waals surface area contributed by atoms with Crippen LogP contribution in [0.5, 0.6) is 0 Å². The molecule has 0 unspecified atom stereocenters. The average molecular weight is 457 g/mol. The van der Waals surface area contributed by atoms with Gasteiger partial charge in [0.1, 0.15) is 0 Å². The van der Waals surface area contributed by atoms with Crippen molar-refractivity contribution < 1.29 is 13.2 Å². The Kier molecular flexibility index (Phi) is 7.03. The van der Waals surface area contributed by atoms with Crippen molar-refractivity contribution in [2.24, 2.45) is 0 Å². The molecular weight excluding hydrogens is 432 g/mol. The van der Waals surface area contributed by atoms with E-state index >= 15 is 0 Å². The Morgan fingerprint density at radius 1 is 0.903 bits per heavy atom. The van der Waals surface area contributed by atoms with Gasteiger partial charge in [-0.3, -0.25) is 9.52 Å².